The number of nitrogens with one attached hydrogen (secondary N) is 1. The van der Waals surface area contributed by atoms with Gasteiger partial charge in [-0.3, -0.25) is 9.59 Å². The third-order valence-electron chi connectivity index (χ3n) is 2.86. The van der Waals surface area contributed by atoms with Gasteiger partial charge in [0.05, 0.1) is 6.54 Å². The molecular formula is C18H15NO2. The summed E-state index contributed by atoms with van der Waals surface area (Å²) in [6, 6.07) is 16.3. The normalized spacial score (nSPS) is 9.38. The molecule has 104 valence electrons. The van der Waals surface area contributed by atoms with Gasteiger partial charge in [0.15, 0.2) is 5.78 Å². The zero-order chi connectivity index (χ0) is 15.1. The molecule has 0 saturated carbocycles. The van der Waals surface area contributed by atoms with Gasteiger partial charge in [-0.15, -0.1) is 0 Å². The summed E-state index contributed by atoms with van der Waals surface area (Å²) >= 11 is 0. The Labute approximate surface area is 124 Å². The highest BCUT2D eigenvalue weighted by atomic mass is 16.1. The molecule has 0 spiro atoms. The number of carbonyl (C=O) groups is 2. The smallest absolute Gasteiger partial charge is 0.217 e. The average Bonchev–Trinajstić information content (AvgIpc) is 2.52. The van der Waals surface area contributed by atoms with Crippen LogP contribution >= 0.6 is 0 Å². The zero-order valence-electron chi connectivity index (χ0n) is 11.7. The van der Waals surface area contributed by atoms with Crippen LogP contribution in [0.4, 0.5) is 0 Å². The van der Waals surface area contributed by atoms with Gasteiger partial charge in [-0.05, 0) is 12.1 Å². The maximum absolute atomic E-state index is 12.5. The van der Waals surface area contributed by atoms with E-state index >= 15 is 0 Å². The first-order valence-electron chi connectivity index (χ1n) is 6.60. The van der Waals surface area contributed by atoms with E-state index in [0.29, 0.717) is 16.7 Å². The SMILES string of the molecule is CC(=O)NCC#Cc1ccccc1C(=O)c1ccccc1. The third kappa shape index (κ3) is 4.05. The molecule has 0 bridgehead atoms. The maximum Gasteiger partial charge on any atom is 0.217 e. The van der Waals surface area contributed by atoms with E-state index in [1.54, 1.807) is 24.3 Å². The standard InChI is InChI=1S/C18H15NO2/c1-14(20)19-13-7-11-15-8-5-6-12-17(15)18(21)16-9-3-2-4-10-16/h2-6,8-10,12H,13H2,1H3,(H,19,20). The van der Waals surface area contributed by atoms with Crippen molar-refractivity contribution in [3.8, 4) is 11.8 Å². The lowest BCUT2D eigenvalue weighted by Gasteiger charge is -2.03. The average molecular weight is 277 g/mol. The number of hydrogen-bond donors (Lipinski definition) is 1. The molecule has 1 N–H and O–H groups in total. The molecular weight excluding hydrogens is 262 g/mol. The fraction of sp³-hybridized carbons (Fsp3) is 0.111. The molecule has 3 heteroatoms. The van der Waals surface area contributed by atoms with Crippen molar-refractivity contribution >= 4 is 11.7 Å². The number of carbonyl (C=O) groups excluding carboxylic acids is 2. The summed E-state index contributed by atoms with van der Waals surface area (Å²) in [7, 11) is 0. The molecule has 2 aromatic carbocycles. The van der Waals surface area contributed by atoms with Crippen LogP contribution in [0.15, 0.2) is 54.6 Å². The van der Waals surface area contributed by atoms with E-state index in [0.717, 1.165) is 0 Å². The lowest BCUT2D eigenvalue weighted by molar-refractivity contribution is -0.118. The van der Waals surface area contributed by atoms with Crippen molar-refractivity contribution in [3.63, 3.8) is 0 Å². The van der Waals surface area contributed by atoms with Crippen LogP contribution in [-0.4, -0.2) is 18.2 Å². The summed E-state index contributed by atoms with van der Waals surface area (Å²) in [6.07, 6.45) is 0. The van der Waals surface area contributed by atoms with Gasteiger partial charge >= 0.3 is 0 Å². The van der Waals surface area contributed by atoms with Gasteiger partial charge in [-0.2, -0.15) is 0 Å². The van der Waals surface area contributed by atoms with E-state index in [1.165, 1.54) is 6.92 Å². The number of amides is 1. The third-order valence-corrected chi connectivity index (χ3v) is 2.86. The van der Waals surface area contributed by atoms with E-state index < -0.39 is 0 Å². The second-order valence-corrected chi connectivity index (χ2v) is 4.45. The zero-order valence-corrected chi connectivity index (χ0v) is 11.7. The lowest BCUT2D eigenvalue weighted by Crippen LogP contribution is -2.19. The monoisotopic (exact) mass is 277 g/mol. The molecule has 0 aromatic heterocycles. The van der Waals surface area contributed by atoms with Crippen LogP contribution in [0.3, 0.4) is 0 Å². The Morgan fingerprint density at radius 3 is 2.38 bits per heavy atom. The van der Waals surface area contributed by atoms with E-state index in [4.69, 9.17) is 0 Å². The van der Waals surface area contributed by atoms with Gasteiger partial charge < -0.3 is 5.32 Å². The van der Waals surface area contributed by atoms with Gasteiger partial charge in [0.25, 0.3) is 0 Å². The van der Waals surface area contributed by atoms with Crippen molar-refractivity contribution in [1.29, 1.82) is 0 Å². The van der Waals surface area contributed by atoms with E-state index in [9.17, 15) is 9.59 Å². The van der Waals surface area contributed by atoms with Gasteiger partial charge in [0.2, 0.25) is 5.91 Å². The van der Waals surface area contributed by atoms with E-state index in [-0.39, 0.29) is 18.2 Å². The Hall–Kier alpha value is -2.86. The quantitative estimate of drug-likeness (QED) is 0.691. The summed E-state index contributed by atoms with van der Waals surface area (Å²) in [5.41, 5.74) is 1.87. The Balaban J connectivity index is 2.25. The number of ketones is 1. The minimum absolute atomic E-state index is 0.0555. The fourth-order valence-corrected chi connectivity index (χ4v) is 1.84. The van der Waals surface area contributed by atoms with Crippen LogP contribution in [0, 0.1) is 11.8 Å². The first-order valence-corrected chi connectivity index (χ1v) is 6.60. The molecule has 2 aromatic rings. The van der Waals surface area contributed by atoms with Crippen LogP contribution in [0.1, 0.15) is 28.4 Å². The van der Waals surface area contributed by atoms with Crippen LogP contribution in [0.5, 0.6) is 0 Å². The van der Waals surface area contributed by atoms with Crippen LogP contribution in [0.25, 0.3) is 0 Å². The molecule has 3 nitrogen and oxygen atoms in total. The Morgan fingerprint density at radius 1 is 1.00 bits per heavy atom. The summed E-state index contributed by atoms with van der Waals surface area (Å²) in [6.45, 7) is 1.71. The molecule has 2 rings (SSSR count). The number of rotatable bonds is 3. The van der Waals surface area contributed by atoms with Crippen LogP contribution < -0.4 is 5.32 Å². The van der Waals surface area contributed by atoms with Crippen molar-refractivity contribution in [2.75, 3.05) is 6.54 Å². The Kier molecular flexibility index (Phi) is 4.89. The minimum Gasteiger partial charge on any atom is -0.345 e. The minimum atomic E-state index is -0.127. The highest BCUT2D eigenvalue weighted by molar-refractivity contribution is 6.10. The Bertz CT molecular complexity index is 709. The highest BCUT2D eigenvalue weighted by Crippen LogP contribution is 2.13. The molecule has 0 aliphatic heterocycles. The molecule has 0 unspecified atom stereocenters. The summed E-state index contributed by atoms with van der Waals surface area (Å²) in [4.78, 5) is 23.3. The molecule has 0 atom stereocenters. The van der Waals surface area contributed by atoms with Gasteiger partial charge in [0, 0.05) is 23.6 Å². The summed E-state index contributed by atoms with van der Waals surface area (Å²) < 4.78 is 0. The maximum atomic E-state index is 12.5. The second-order valence-electron chi connectivity index (χ2n) is 4.45. The predicted octanol–water partition coefficient (Wildman–Crippen LogP) is 2.41. The van der Waals surface area contributed by atoms with Crippen LogP contribution in [0.2, 0.25) is 0 Å². The lowest BCUT2D eigenvalue weighted by atomic mass is 9.99. The van der Waals surface area contributed by atoms with Gasteiger partial charge in [-0.1, -0.05) is 54.3 Å². The molecule has 21 heavy (non-hydrogen) atoms. The topological polar surface area (TPSA) is 46.2 Å². The molecule has 0 aliphatic carbocycles. The molecule has 0 heterocycles. The number of hydrogen-bond acceptors (Lipinski definition) is 2. The number of benzene rings is 2. The van der Waals surface area contributed by atoms with E-state index in [2.05, 4.69) is 17.2 Å². The molecule has 1 amide bonds. The molecule has 0 aliphatic rings. The van der Waals surface area contributed by atoms with Gasteiger partial charge in [-0.25, -0.2) is 0 Å². The summed E-state index contributed by atoms with van der Waals surface area (Å²) in [5, 5.41) is 2.60. The largest absolute Gasteiger partial charge is 0.345 e. The first-order chi connectivity index (χ1) is 10.2. The highest BCUT2D eigenvalue weighted by Gasteiger charge is 2.11. The van der Waals surface area contributed by atoms with Crippen molar-refractivity contribution in [2.24, 2.45) is 0 Å². The fourth-order valence-electron chi connectivity index (χ4n) is 1.84. The molecule has 0 saturated heterocycles. The van der Waals surface area contributed by atoms with Crippen molar-refractivity contribution in [3.05, 3.63) is 71.3 Å². The first kappa shape index (κ1) is 14.5. The predicted molar refractivity (Wildman–Crippen MR) is 81.9 cm³/mol. The van der Waals surface area contributed by atoms with Crippen molar-refractivity contribution < 1.29 is 9.59 Å². The van der Waals surface area contributed by atoms with Crippen molar-refractivity contribution in [2.45, 2.75) is 6.92 Å². The van der Waals surface area contributed by atoms with Crippen molar-refractivity contribution in [1.82, 2.24) is 5.32 Å². The van der Waals surface area contributed by atoms with E-state index in [1.807, 2.05) is 30.3 Å². The Morgan fingerprint density at radius 2 is 1.67 bits per heavy atom. The van der Waals surface area contributed by atoms with Gasteiger partial charge in [0.1, 0.15) is 0 Å². The molecule has 0 fully saturated rings. The second kappa shape index (κ2) is 7.06. The van der Waals surface area contributed by atoms with Crippen LogP contribution in [-0.2, 0) is 4.79 Å². The molecule has 0 radical (unpaired) electrons. The summed E-state index contributed by atoms with van der Waals surface area (Å²) in [5.74, 6) is 5.60.